The van der Waals surface area contributed by atoms with E-state index in [9.17, 15) is 13.2 Å². The Morgan fingerprint density at radius 1 is 0.968 bits per heavy atom. The van der Waals surface area contributed by atoms with Crippen molar-refractivity contribution in [2.24, 2.45) is 0 Å². The van der Waals surface area contributed by atoms with Crippen LogP contribution in [0.1, 0.15) is 43.2 Å². The average molecular weight is 464 g/mol. The van der Waals surface area contributed by atoms with Gasteiger partial charge in [-0.15, -0.1) is 0 Å². The van der Waals surface area contributed by atoms with Crippen LogP contribution >= 0.6 is 11.6 Å². The summed E-state index contributed by atoms with van der Waals surface area (Å²) < 4.78 is 26.9. The number of hydrogen-bond donors (Lipinski definition) is 2. The van der Waals surface area contributed by atoms with Crippen LogP contribution in [0.2, 0.25) is 5.02 Å². The van der Waals surface area contributed by atoms with Gasteiger partial charge in [0.25, 0.3) is 0 Å². The van der Waals surface area contributed by atoms with Gasteiger partial charge in [-0.05, 0) is 55.3 Å². The lowest BCUT2D eigenvalue weighted by molar-refractivity contribution is -0.121. The van der Waals surface area contributed by atoms with E-state index in [0.717, 1.165) is 12.1 Å². The number of nitrogens with zero attached hydrogens (tertiary/aromatic N) is 1. The summed E-state index contributed by atoms with van der Waals surface area (Å²) in [5.41, 5.74) is 2.31. The quantitative estimate of drug-likeness (QED) is 0.594. The standard InChI is InChI=1S/C23H30ClN3O3S/c24-21-6-5-7-22(16-21)31(29,30)26-13-12-23(28)25-17-19-8-10-20(11-9-19)18-27-14-3-1-2-4-15-27/h5-11,16,26H,1-4,12-15,17-18H2,(H,25,28). The Labute approximate surface area is 190 Å². The van der Waals surface area contributed by atoms with E-state index in [-0.39, 0.29) is 23.8 Å². The minimum absolute atomic E-state index is 0.0233. The third-order valence-corrected chi connectivity index (χ3v) is 7.06. The summed E-state index contributed by atoms with van der Waals surface area (Å²) in [6.45, 7) is 3.75. The van der Waals surface area contributed by atoms with Crippen LogP contribution in [0.4, 0.5) is 0 Å². The average Bonchev–Trinajstić information content (AvgIpc) is 3.02. The molecule has 8 heteroatoms. The van der Waals surface area contributed by atoms with Crippen molar-refractivity contribution < 1.29 is 13.2 Å². The molecular weight excluding hydrogens is 434 g/mol. The minimum atomic E-state index is -3.68. The van der Waals surface area contributed by atoms with Crippen molar-refractivity contribution in [2.45, 2.75) is 50.1 Å². The van der Waals surface area contributed by atoms with Crippen molar-refractivity contribution in [3.8, 4) is 0 Å². The van der Waals surface area contributed by atoms with Gasteiger partial charge in [-0.2, -0.15) is 0 Å². The molecule has 0 spiro atoms. The Kier molecular flexibility index (Phi) is 8.90. The molecule has 0 saturated carbocycles. The second kappa shape index (κ2) is 11.6. The number of benzene rings is 2. The molecule has 0 atom stereocenters. The van der Waals surface area contributed by atoms with Crippen LogP contribution in [0.3, 0.4) is 0 Å². The summed E-state index contributed by atoms with van der Waals surface area (Å²) in [5.74, 6) is -0.206. The van der Waals surface area contributed by atoms with Crippen LogP contribution < -0.4 is 10.0 Å². The number of sulfonamides is 1. The Balaban J connectivity index is 1.39. The van der Waals surface area contributed by atoms with Crippen LogP contribution in [0, 0.1) is 0 Å². The number of nitrogens with one attached hydrogen (secondary N) is 2. The highest BCUT2D eigenvalue weighted by molar-refractivity contribution is 7.89. The van der Waals surface area contributed by atoms with Crippen molar-refractivity contribution in [1.29, 1.82) is 0 Å². The number of carbonyl (C=O) groups is 1. The van der Waals surface area contributed by atoms with Gasteiger partial charge < -0.3 is 5.32 Å². The molecule has 1 saturated heterocycles. The fourth-order valence-corrected chi connectivity index (χ4v) is 4.95. The minimum Gasteiger partial charge on any atom is -0.352 e. The monoisotopic (exact) mass is 463 g/mol. The molecule has 1 aliphatic heterocycles. The molecule has 0 bridgehead atoms. The van der Waals surface area contributed by atoms with E-state index in [4.69, 9.17) is 11.6 Å². The summed E-state index contributed by atoms with van der Waals surface area (Å²) in [6, 6.07) is 14.3. The van der Waals surface area contributed by atoms with Gasteiger partial charge >= 0.3 is 0 Å². The molecule has 2 N–H and O–H groups in total. The van der Waals surface area contributed by atoms with Gasteiger partial charge in [-0.25, -0.2) is 13.1 Å². The van der Waals surface area contributed by atoms with Crippen molar-refractivity contribution in [3.05, 3.63) is 64.7 Å². The molecule has 1 fully saturated rings. The van der Waals surface area contributed by atoms with E-state index in [1.807, 2.05) is 12.1 Å². The smallest absolute Gasteiger partial charge is 0.240 e. The van der Waals surface area contributed by atoms with Crippen molar-refractivity contribution in [3.63, 3.8) is 0 Å². The molecule has 31 heavy (non-hydrogen) atoms. The van der Waals surface area contributed by atoms with Gasteiger partial charge in [0, 0.05) is 31.1 Å². The first-order valence-corrected chi connectivity index (χ1v) is 12.6. The van der Waals surface area contributed by atoms with Crippen LogP contribution in [-0.4, -0.2) is 38.9 Å². The molecule has 0 unspecified atom stereocenters. The van der Waals surface area contributed by atoms with Crippen LogP contribution in [0.5, 0.6) is 0 Å². The summed E-state index contributed by atoms with van der Waals surface area (Å²) in [5, 5.41) is 3.18. The Morgan fingerprint density at radius 2 is 1.65 bits per heavy atom. The molecule has 0 aliphatic carbocycles. The van der Waals surface area contributed by atoms with Crippen LogP contribution in [0.25, 0.3) is 0 Å². The number of likely N-dealkylation sites (tertiary alicyclic amines) is 1. The highest BCUT2D eigenvalue weighted by Gasteiger charge is 2.14. The first-order chi connectivity index (χ1) is 14.9. The molecule has 2 aromatic rings. The van der Waals surface area contributed by atoms with Crippen LogP contribution in [0.15, 0.2) is 53.4 Å². The van der Waals surface area contributed by atoms with E-state index in [0.29, 0.717) is 11.6 Å². The maximum absolute atomic E-state index is 12.2. The van der Waals surface area contributed by atoms with E-state index in [1.165, 1.54) is 56.5 Å². The molecule has 168 valence electrons. The molecule has 2 aromatic carbocycles. The van der Waals surface area contributed by atoms with E-state index in [1.54, 1.807) is 12.1 Å². The zero-order valence-electron chi connectivity index (χ0n) is 17.6. The fourth-order valence-electron chi connectivity index (χ4n) is 3.62. The maximum atomic E-state index is 12.2. The third-order valence-electron chi connectivity index (χ3n) is 5.37. The van der Waals surface area contributed by atoms with Gasteiger partial charge in [-0.1, -0.05) is 54.8 Å². The molecule has 1 aliphatic rings. The van der Waals surface area contributed by atoms with Gasteiger partial charge in [0.05, 0.1) is 4.90 Å². The highest BCUT2D eigenvalue weighted by atomic mass is 35.5. The molecular formula is C23H30ClN3O3S. The lowest BCUT2D eigenvalue weighted by Gasteiger charge is -2.19. The first-order valence-electron chi connectivity index (χ1n) is 10.7. The molecule has 1 heterocycles. The summed E-state index contributed by atoms with van der Waals surface area (Å²) in [4.78, 5) is 14.7. The second-order valence-corrected chi connectivity index (χ2v) is 10.1. The predicted octanol–water partition coefficient (Wildman–Crippen LogP) is 3.70. The van der Waals surface area contributed by atoms with Crippen molar-refractivity contribution >= 4 is 27.5 Å². The summed E-state index contributed by atoms with van der Waals surface area (Å²) in [6.07, 6.45) is 5.28. The van der Waals surface area contributed by atoms with Gasteiger partial charge in [0.1, 0.15) is 0 Å². The first kappa shape index (κ1) is 23.7. The molecule has 6 nitrogen and oxygen atoms in total. The number of halogens is 1. The Hall–Kier alpha value is -1.93. The van der Waals surface area contributed by atoms with E-state index >= 15 is 0 Å². The fraction of sp³-hybridized carbons (Fsp3) is 0.435. The highest BCUT2D eigenvalue weighted by Crippen LogP contribution is 2.15. The Bertz CT molecular complexity index is 956. The molecule has 0 aromatic heterocycles. The normalized spacial score (nSPS) is 15.4. The summed E-state index contributed by atoms with van der Waals surface area (Å²) in [7, 11) is -3.68. The number of hydrogen-bond acceptors (Lipinski definition) is 4. The van der Waals surface area contributed by atoms with Gasteiger partial charge in [0.15, 0.2) is 0 Å². The second-order valence-electron chi connectivity index (χ2n) is 7.89. The zero-order chi connectivity index (χ0) is 22.1. The lowest BCUT2D eigenvalue weighted by Crippen LogP contribution is -2.30. The number of carbonyl (C=O) groups excluding carboxylic acids is 1. The molecule has 0 radical (unpaired) electrons. The number of amides is 1. The zero-order valence-corrected chi connectivity index (χ0v) is 19.2. The van der Waals surface area contributed by atoms with Crippen molar-refractivity contribution in [2.75, 3.05) is 19.6 Å². The Morgan fingerprint density at radius 3 is 2.32 bits per heavy atom. The SMILES string of the molecule is O=C(CCNS(=O)(=O)c1cccc(Cl)c1)NCc1ccc(CN2CCCCCC2)cc1. The van der Waals surface area contributed by atoms with E-state index < -0.39 is 10.0 Å². The van der Waals surface area contributed by atoms with E-state index in [2.05, 4.69) is 27.1 Å². The maximum Gasteiger partial charge on any atom is 0.240 e. The molecule has 1 amide bonds. The topological polar surface area (TPSA) is 78.5 Å². The molecule has 3 rings (SSSR count). The largest absolute Gasteiger partial charge is 0.352 e. The van der Waals surface area contributed by atoms with Crippen molar-refractivity contribution in [1.82, 2.24) is 14.9 Å². The third kappa shape index (κ3) is 7.92. The number of rotatable bonds is 9. The summed E-state index contributed by atoms with van der Waals surface area (Å²) >= 11 is 5.84. The van der Waals surface area contributed by atoms with Gasteiger partial charge in [-0.3, -0.25) is 9.69 Å². The van der Waals surface area contributed by atoms with Crippen LogP contribution in [-0.2, 0) is 27.9 Å². The lowest BCUT2D eigenvalue weighted by atomic mass is 10.1. The van der Waals surface area contributed by atoms with Gasteiger partial charge in [0.2, 0.25) is 15.9 Å². The predicted molar refractivity (Wildman–Crippen MR) is 123 cm³/mol.